The highest BCUT2D eigenvalue weighted by Crippen LogP contribution is 2.40. The van der Waals surface area contributed by atoms with Gasteiger partial charge in [-0.15, -0.1) is 0 Å². The zero-order valence-corrected chi connectivity index (χ0v) is 24.3. The summed E-state index contributed by atoms with van der Waals surface area (Å²) in [5.74, 6) is 0.257. The van der Waals surface area contributed by atoms with Crippen LogP contribution in [0.3, 0.4) is 0 Å². The lowest BCUT2D eigenvalue weighted by Crippen LogP contribution is -2.55. The zero-order chi connectivity index (χ0) is 28.4. The van der Waals surface area contributed by atoms with Gasteiger partial charge in [0.15, 0.2) is 5.60 Å². The molecule has 2 aliphatic heterocycles. The molecule has 212 valence electrons. The van der Waals surface area contributed by atoms with Crippen molar-refractivity contribution in [1.82, 2.24) is 9.80 Å². The number of piperidine rings is 1. The standard InChI is InChI=1S/C29H45N3O6/c1-19(2)32(21-12-11-13-30(18-21)27(36)38-28(4,5)6)25(34)22-17-23-24(16-20(22)3)37-29(7,8)26(35)31(23)14-9-10-15-33/h16-17,19,21,33H,9-15,18H2,1-8H3/t21-/m1/s1. The molecule has 9 nitrogen and oxygen atoms in total. The number of carbonyl (C=O) groups is 3. The Morgan fingerprint density at radius 1 is 1.24 bits per heavy atom. The number of aliphatic hydroxyl groups excluding tert-OH is 1. The predicted molar refractivity (Wildman–Crippen MR) is 147 cm³/mol. The van der Waals surface area contributed by atoms with Gasteiger partial charge in [0.1, 0.15) is 11.4 Å². The van der Waals surface area contributed by atoms with E-state index in [2.05, 4.69) is 0 Å². The van der Waals surface area contributed by atoms with Crippen molar-refractivity contribution in [3.8, 4) is 5.75 Å². The number of hydrogen-bond donors (Lipinski definition) is 1. The Labute approximate surface area is 227 Å². The molecule has 1 aromatic rings. The molecule has 1 atom stereocenters. The SMILES string of the molecule is Cc1cc2c(cc1C(=O)N(C(C)C)[C@@H]1CCCN(C(=O)OC(C)(C)C)C1)N(CCCCO)C(=O)C(C)(C)O2. The monoisotopic (exact) mass is 531 g/mol. The fraction of sp³-hybridized carbons (Fsp3) is 0.690. The average Bonchev–Trinajstić information content (AvgIpc) is 2.80. The van der Waals surface area contributed by atoms with Gasteiger partial charge in [-0.05, 0) is 98.8 Å². The number of aliphatic hydroxyl groups is 1. The second-order valence-corrected chi connectivity index (χ2v) is 12.2. The van der Waals surface area contributed by atoms with Crippen LogP contribution < -0.4 is 9.64 Å². The Morgan fingerprint density at radius 3 is 2.53 bits per heavy atom. The molecule has 0 saturated carbocycles. The van der Waals surface area contributed by atoms with E-state index in [1.165, 1.54) is 0 Å². The van der Waals surface area contributed by atoms with E-state index in [0.29, 0.717) is 49.5 Å². The number of likely N-dealkylation sites (tertiary alicyclic amines) is 1. The summed E-state index contributed by atoms with van der Waals surface area (Å²) in [5.41, 5.74) is 0.231. The first-order valence-corrected chi connectivity index (χ1v) is 13.7. The number of carbonyl (C=O) groups excluding carboxylic acids is 3. The van der Waals surface area contributed by atoms with Crippen molar-refractivity contribution in [1.29, 1.82) is 0 Å². The van der Waals surface area contributed by atoms with E-state index in [-0.39, 0.29) is 36.6 Å². The van der Waals surface area contributed by atoms with Crippen LogP contribution in [0, 0.1) is 6.92 Å². The fourth-order valence-electron chi connectivity index (χ4n) is 5.18. The van der Waals surface area contributed by atoms with Crippen LogP contribution in [0.4, 0.5) is 10.5 Å². The maximum absolute atomic E-state index is 14.1. The van der Waals surface area contributed by atoms with Gasteiger partial charge in [0.05, 0.1) is 11.7 Å². The van der Waals surface area contributed by atoms with Crippen LogP contribution in [-0.4, -0.2) is 82.3 Å². The molecule has 38 heavy (non-hydrogen) atoms. The second kappa shape index (κ2) is 11.5. The number of benzene rings is 1. The Morgan fingerprint density at radius 2 is 1.92 bits per heavy atom. The Balaban J connectivity index is 1.93. The number of unbranched alkanes of at least 4 members (excludes halogenated alkanes) is 1. The largest absolute Gasteiger partial charge is 0.476 e. The summed E-state index contributed by atoms with van der Waals surface area (Å²) in [6.45, 7) is 16.3. The number of nitrogens with zero attached hydrogens (tertiary/aromatic N) is 3. The van der Waals surface area contributed by atoms with E-state index in [1.807, 2.05) is 52.5 Å². The minimum Gasteiger partial charge on any atom is -0.476 e. The number of anilines is 1. The third-order valence-corrected chi connectivity index (χ3v) is 6.97. The van der Waals surface area contributed by atoms with Gasteiger partial charge in [-0.25, -0.2) is 4.79 Å². The number of hydrogen-bond acceptors (Lipinski definition) is 6. The summed E-state index contributed by atoms with van der Waals surface area (Å²) in [7, 11) is 0. The van der Waals surface area contributed by atoms with Crippen molar-refractivity contribution in [2.24, 2.45) is 0 Å². The molecule has 1 N–H and O–H groups in total. The number of rotatable bonds is 7. The van der Waals surface area contributed by atoms with E-state index in [1.54, 1.807) is 29.7 Å². The van der Waals surface area contributed by atoms with Crippen molar-refractivity contribution in [3.05, 3.63) is 23.3 Å². The van der Waals surface area contributed by atoms with Crippen molar-refractivity contribution in [2.45, 2.75) is 104 Å². The van der Waals surface area contributed by atoms with E-state index in [0.717, 1.165) is 18.4 Å². The quantitative estimate of drug-likeness (QED) is 0.520. The number of aryl methyl sites for hydroxylation is 1. The molecule has 3 amide bonds. The molecule has 1 saturated heterocycles. The lowest BCUT2D eigenvalue weighted by atomic mass is 9.97. The summed E-state index contributed by atoms with van der Waals surface area (Å²) >= 11 is 0. The molecule has 0 aliphatic carbocycles. The number of amides is 3. The predicted octanol–water partition coefficient (Wildman–Crippen LogP) is 4.52. The molecule has 0 aromatic heterocycles. The van der Waals surface area contributed by atoms with Gasteiger partial charge in [-0.2, -0.15) is 0 Å². The van der Waals surface area contributed by atoms with Gasteiger partial charge in [0, 0.05) is 37.8 Å². The summed E-state index contributed by atoms with van der Waals surface area (Å²) < 4.78 is 11.7. The molecule has 2 heterocycles. The highest BCUT2D eigenvalue weighted by Gasteiger charge is 2.42. The molecule has 0 bridgehead atoms. The molecule has 9 heteroatoms. The third kappa shape index (κ3) is 6.60. The smallest absolute Gasteiger partial charge is 0.410 e. The minimum atomic E-state index is -1.03. The van der Waals surface area contributed by atoms with Crippen LogP contribution >= 0.6 is 0 Å². The minimum absolute atomic E-state index is 0.0530. The normalized spacial score (nSPS) is 19.2. The first-order chi connectivity index (χ1) is 17.7. The van der Waals surface area contributed by atoms with Crippen LogP contribution in [0.5, 0.6) is 5.75 Å². The lowest BCUT2D eigenvalue weighted by Gasteiger charge is -2.42. The fourth-order valence-corrected chi connectivity index (χ4v) is 5.18. The summed E-state index contributed by atoms with van der Waals surface area (Å²) in [6.07, 6.45) is 2.42. The van der Waals surface area contributed by atoms with Gasteiger partial charge in [-0.3, -0.25) is 9.59 Å². The highest BCUT2D eigenvalue weighted by atomic mass is 16.6. The molecule has 1 aromatic carbocycles. The Bertz CT molecular complexity index is 1050. The molecular weight excluding hydrogens is 486 g/mol. The second-order valence-electron chi connectivity index (χ2n) is 12.2. The third-order valence-electron chi connectivity index (χ3n) is 6.97. The van der Waals surface area contributed by atoms with E-state index in [4.69, 9.17) is 9.47 Å². The van der Waals surface area contributed by atoms with Crippen LogP contribution in [0.15, 0.2) is 12.1 Å². The summed E-state index contributed by atoms with van der Waals surface area (Å²) in [5, 5.41) is 9.25. The van der Waals surface area contributed by atoms with Crippen LogP contribution in [0.2, 0.25) is 0 Å². The topological polar surface area (TPSA) is 99.6 Å². The molecular formula is C29H45N3O6. The average molecular weight is 532 g/mol. The van der Waals surface area contributed by atoms with E-state index >= 15 is 0 Å². The van der Waals surface area contributed by atoms with Crippen LogP contribution in [0.1, 0.15) is 90.1 Å². The Hall–Kier alpha value is -2.81. The molecule has 1 fully saturated rings. The number of ether oxygens (including phenoxy) is 2. The van der Waals surface area contributed by atoms with E-state index < -0.39 is 11.2 Å². The van der Waals surface area contributed by atoms with Gasteiger partial charge in [0.25, 0.3) is 11.8 Å². The summed E-state index contributed by atoms with van der Waals surface area (Å²) in [6, 6.07) is 3.35. The van der Waals surface area contributed by atoms with Gasteiger partial charge in [-0.1, -0.05) is 0 Å². The molecule has 3 rings (SSSR count). The van der Waals surface area contributed by atoms with Gasteiger partial charge < -0.3 is 29.3 Å². The van der Waals surface area contributed by atoms with Crippen molar-refractivity contribution >= 4 is 23.6 Å². The molecule has 0 radical (unpaired) electrons. The number of fused-ring (bicyclic) bond motifs is 1. The lowest BCUT2D eigenvalue weighted by molar-refractivity contribution is -0.132. The maximum Gasteiger partial charge on any atom is 0.410 e. The van der Waals surface area contributed by atoms with Gasteiger partial charge >= 0.3 is 6.09 Å². The van der Waals surface area contributed by atoms with Crippen LogP contribution in [-0.2, 0) is 9.53 Å². The molecule has 2 aliphatic rings. The first-order valence-electron chi connectivity index (χ1n) is 13.7. The summed E-state index contributed by atoms with van der Waals surface area (Å²) in [4.78, 5) is 45.3. The van der Waals surface area contributed by atoms with Crippen LogP contribution in [0.25, 0.3) is 0 Å². The first kappa shape index (κ1) is 29.7. The molecule has 0 unspecified atom stereocenters. The highest BCUT2D eigenvalue weighted by molar-refractivity contribution is 6.05. The molecule has 0 spiro atoms. The van der Waals surface area contributed by atoms with Crippen molar-refractivity contribution in [3.63, 3.8) is 0 Å². The van der Waals surface area contributed by atoms with Crippen molar-refractivity contribution in [2.75, 3.05) is 31.1 Å². The van der Waals surface area contributed by atoms with E-state index in [9.17, 15) is 19.5 Å². The maximum atomic E-state index is 14.1. The Kier molecular flexibility index (Phi) is 9.01. The zero-order valence-electron chi connectivity index (χ0n) is 24.3. The van der Waals surface area contributed by atoms with Gasteiger partial charge in [0.2, 0.25) is 0 Å². The van der Waals surface area contributed by atoms with Crippen molar-refractivity contribution < 1.29 is 29.0 Å².